The molecule has 2 rings (SSSR count). The molecule has 2 aliphatic rings. The summed E-state index contributed by atoms with van der Waals surface area (Å²) in [5.74, 6) is -0.874. The van der Waals surface area contributed by atoms with E-state index in [2.05, 4.69) is 19.2 Å². The number of imide groups is 2. The molecule has 0 bridgehead atoms. The first-order valence-electron chi connectivity index (χ1n) is 6.84. The molecule has 0 radical (unpaired) electrons. The summed E-state index contributed by atoms with van der Waals surface area (Å²) in [5, 5.41) is 2.30. The van der Waals surface area contributed by atoms with Gasteiger partial charge in [-0.25, -0.2) is 4.79 Å². The van der Waals surface area contributed by atoms with Crippen LogP contribution in [0.15, 0.2) is 0 Å². The summed E-state index contributed by atoms with van der Waals surface area (Å²) in [6.07, 6.45) is 3.61. The van der Waals surface area contributed by atoms with Gasteiger partial charge in [0.25, 0.3) is 0 Å². The van der Waals surface area contributed by atoms with Crippen molar-refractivity contribution in [2.75, 3.05) is 0 Å². The molecule has 4 amide bonds. The normalized spacial score (nSPS) is 27.4. The molecule has 5 nitrogen and oxygen atoms in total. The van der Waals surface area contributed by atoms with Crippen LogP contribution in [-0.2, 0) is 9.59 Å². The van der Waals surface area contributed by atoms with E-state index in [4.69, 9.17) is 0 Å². The van der Waals surface area contributed by atoms with Crippen LogP contribution in [0.25, 0.3) is 0 Å². The van der Waals surface area contributed by atoms with Crippen molar-refractivity contribution in [3.63, 3.8) is 0 Å². The maximum atomic E-state index is 12.4. The second-order valence-electron chi connectivity index (χ2n) is 6.95. The van der Waals surface area contributed by atoms with Crippen LogP contribution in [0.2, 0.25) is 0 Å². The van der Waals surface area contributed by atoms with Crippen LogP contribution in [0.5, 0.6) is 0 Å². The summed E-state index contributed by atoms with van der Waals surface area (Å²) < 4.78 is 0. The van der Waals surface area contributed by atoms with Crippen LogP contribution in [-0.4, -0.2) is 28.8 Å². The highest BCUT2D eigenvalue weighted by Crippen LogP contribution is 2.38. The van der Waals surface area contributed by atoms with Gasteiger partial charge in [-0.2, -0.15) is 0 Å². The van der Waals surface area contributed by atoms with Gasteiger partial charge in [0.1, 0.15) is 5.41 Å². The lowest BCUT2D eigenvalue weighted by atomic mass is 9.74. The lowest BCUT2D eigenvalue weighted by Gasteiger charge is -2.43. The van der Waals surface area contributed by atoms with Crippen molar-refractivity contribution >= 4 is 17.8 Å². The first-order valence-corrected chi connectivity index (χ1v) is 6.84. The maximum absolute atomic E-state index is 12.4. The molecule has 1 saturated carbocycles. The van der Waals surface area contributed by atoms with Gasteiger partial charge >= 0.3 is 6.03 Å². The SMILES string of the molecule is CC1(C)CCC(N2C(=O)NC(=O)C(C)(C)C2=O)CC1. The number of carbonyl (C=O) groups is 3. The number of rotatable bonds is 1. The number of carbonyl (C=O) groups excluding carboxylic acids is 3. The summed E-state index contributed by atoms with van der Waals surface area (Å²) in [5.41, 5.74) is -0.877. The fourth-order valence-electron chi connectivity index (χ4n) is 2.78. The lowest BCUT2D eigenvalue weighted by Crippen LogP contribution is -2.64. The summed E-state index contributed by atoms with van der Waals surface area (Å²) in [6, 6.07) is -0.632. The Balaban J connectivity index is 2.18. The lowest BCUT2D eigenvalue weighted by molar-refractivity contribution is -0.151. The zero-order valence-electron chi connectivity index (χ0n) is 12.1. The highest BCUT2D eigenvalue weighted by molar-refractivity contribution is 6.18. The average molecular weight is 266 g/mol. The molecule has 2 fully saturated rings. The van der Waals surface area contributed by atoms with E-state index in [1.165, 1.54) is 4.90 Å². The number of urea groups is 1. The number of amides is 4. The van der Waals surface area contributed by atoms with Crippen LogP contribution in [0.1, 0.15) is 53.4 Å². The van der Waals surface area contributed by atoms with Crippen molar-refractivity contribution in [1.29, 1.82) is 0 Å². The van der Waals surface area contributed by atoms with Gasteiger partial charge in [-0.1, -0.05) is 13.8 Å². The van der Waals surface area contributed by atoms with E-state index in [9.17, 15) is 14.4 Å². The molecule has 106 valence electrons. The van der Waals surface area contributed by atoms with Gasteiger partial charge in [-0.3, -0.25) is 19.8 Å². The Hall–Kier alpha value is -1.39. The second-order valence-corrected chi connectivity index (χ2v) is 6.95. The van der Waals surface area contributed by atoms with Gasteiger partial charge in [0.2, 0.25) is 11.8 Å². The summed E-state index contributed by atoms with van der Waals surface area (Å²) >= 11 is 0. The van der Waals surface area contributed by atoms with Crippen molar-refractivity contribution in [3.8, 4) is 0 Å². The molecule has 0 aromatic rings. The second kappa shape index (κ2) is 4.32. The minimum Gasteiger partial charge on any atom is -0.277 e. The van der Waals surface area contributed by atoms with Crippen molar-refractivity contribution in [1.82, 2.24) is 10.2 Å². The Morgan fingerprint density at radius 2 is 1.58 bits per heavy atom. The third kappa shape index (κ3) is 2.38. The van der Waals surface area contributed by atoms with Crippen LogP contribution in [0.4, 0.5) is 4.79 Å². The van der Waals surface area contributed by atoms with Crippen LogP contribution in [0.3, 0.4) is 0 Å². The zero-order valence-corrected chi connectivity index (χ0v) is 12.1. The van der Waals surface area contributed by atoms with Crippen molar-refractivity contribution < 1.29 is 14.4 Å². The Bertz CT molecular complexity index is 430. The summed E-state index contributed by atoms with van der Waals surface area (Å²) in [7, 11) is 0. The standard InChI is InChI=1S/C14H22N2O3/c1-13(2)7-5-9(6-8-13)16-11(18)14(3,4)10(17)15-12(16)19/h9H,5-8H2,1-4H3,(H,15,17,19). The molecule has 0 aromatic carbocycles. The monoisotopic (exact) mass is 266 g/mol. The Kier molecular flexibility index (Phi) is 3.19. The van der Waals surface area contributed by atoms with Crippen molar-refractivity contribution in [2.24, 2.45) is 10.8 Å². The number of hydrogen-bond donors (Lipinski definition) is 1. The van der Waals surface area contributed by atoms with E-state index in [1.54, 1.807) is 13.8 Å². The summed E-state index contributed by atoms with van der Waals surface area (Å²) in [4.78, 5) is 37.3. The molecular weight excluding hydrogens is 244 g/mol. The molecule has 5 heteroatoms. The van der Waals surface area contributed by atoms with Crippen LogP contribution >= 0.6 is 0 Å². The van der Waals surface area contributed by atoms with E-state index in [-0.39, 0.29) is 17.4 Å². The first-order chi connectivity index (χ1) is 8.65. The van der Waals surface area contributed by atoms with E-state index in [1.807, 2.05) is 0 Å². The fraction of sp³-hybridized carbons (Fsp3) is 0.786. The molecule has 1 heterocycles. The van der Waals surface area contributed by atoms with E-state index < -0.39 is 17.4 Å². The molecule has 1 aliphatic heterocycles. The van der Waals surface area contributed by atoms with Gasteiger partial charge in [0, 0.05) is 6.04 Å². The predicted octanol–water partition coefficient (Wildman–Crippen LogP) is 2.06. The molecule has 0 atom stereocenters. The third-order valence-corrected chi connectivity index (χ3v) is 4.43. The molecule has 0 aromatic heterocycles. The highest BCUT2D eigenvalue weighted by atomic mass is 16.2. The quantitative estimate of drug-likeness (QED) is 0.739. The van der Waals surface area contributed by atoms with Gasteiger partial charge in [0.15, 0.2) is 0 Å². The number of nitrogens with one attached hydrogen (secondary N) is 1. The first kappa shape index (κ1) is 14.0. The van der Waals surface area contributed by atoms with Gasteiger partial charge in [-0.05, 0) is 44.9 Å². The third-order valence-electron chi connectivity index (χ3n) is 4.43. The summed E-state index contributed by atoms with van der Waals surface area (Å²) in [6.45, 7) is 7.54. The van der Waals surface area contributed by atoms with E-state index in [0.717, 1.165) is 25.7 Å². The van der Waals surface area contributed by atoms with Crippen molar-refractivity contribution in [3.05, 3.63) is 0 Å². The molecule has 1 saturated heterocycles. The zero-order chi connectivity index (χ0) is 14.4. The average Bonchev–Trinajstić information content (AvgIpc) is 2.29. The molecule has 0 unspecified atom stereocenters. The largest absolute Gasteiger partial charge is 0.331 e. The fourth-order valence-corrected chi connectivity index (χ4v) is 2.78. The Morgan fingerprint density at radius 3 is 2.11 bits per heavy atom. The molecule has 1 aliphatic carbocycles. The number of nitrogens with zero attached hydrogens (tertiary/aromatic N) is 1. The van der Waals surface area contributed by atoms with Gasteiger partial charge in [-0.15, -0.1) is 0 Å². The van der Waals surface area contributed by atoms with Gasteiger partial charge in [0.05, 0.1) is 0 Å². The molecule has 0 spiro atoms. The molecule has 19 heavy (non-hydrogen) atoms. The van der Waals surface area contributed by atoms with Crippen molar-refractivity contribution in [2.45, 2.75) is 59.4 Å². The molecule has 1 N–H and O–H groups in total. The van der Waals surface area contributed by atoms with Crippen LogP contribution < -0.4 is 5.32 Å². The number of hydrogen-bond acceptors (Lipinski definition) is 3. The molecular formula is C14H22N2O3. The Labute approximate surface area is 113 Å². The van der Waals surface area contributed by atoms with Crippen LogP contribution in [0, 0.1) is 10.8 Å². The minimum absolute atomic E-state index is 0.0760. The van der Waals surface area contributed by atoms with Gasteiger partial charge < -0.3 is 0 Å². The minimum atomic E-state index is -1.15. The topological polar surface area (TPSA) is 66.5 Å². The highest BCUT2D eigenvalue weighted by Gasteiger charge is 2.49. The Morgan fingerprint density at radius 1 is 1.05 bits per heavy atom. The van der Waals surface area contributed by atoms with E-state index in [0.29, 0.717) is 0 Å². The van der Waals surface area contributed by atoms with E-state index >= 15 is 0 Å². The smallest absolute Gasteiger partial charge is 0.277 e. The maximum Gasteiger partial charge on any atom is 0.331 e. The predicted molar refractivity (Wildman–Crippen MR) is 70.2 cm³/mol. The number of barbiturate groups is 1.